The van der Waals surface area contributed by atoms with Crippen molar-refractivity contribution >= 4 is 37.3 Å². The monoisotopic (exact) mass is 448 g/mol. The number of carbonyl (C=O) groups excluding carboxylic acids is 1. The average molecular weight is 449 g/mol. The topological polar surface area (TPSA) is 78.3 Å². The third-order valence-electron chi connectivity index (χ3n) is 4.08. The highest BCUT2D eigenvalue weighted by Gasteiger charge is 2.36. The first-order chi connectivity index (χ1) is 12.8. The highest BCUT2D eigenvalue weighted by molar-refractivity contribution is 9.10. The van der Waals surface area contributed by atoms with Crippen molar-refractivity contribution < 1.29 is 17.9 Å². The Morgan fingerprint density at radius 3 is 2.70 bits per heavy atom. The van der Waals surface area contributed by atoms with Crippen LogP contribution in [0.4, 0.5) is 0 Å². The first kappa shape index (κ1) is 19.3. The Balaban J connectivity index is 2.40. The van der Waals surface area contributed by atoms with Crippen LogP contribution >= 0.6 is 15.9 Å². The van der Waals surface area contributed by atoms with E-state index in [0.717, 1.165) is 4.47 Å². The van der Waals surface area contributed by atoms with Crippen LogP contribution < -0.4 is 0 Å². The Morgan fingerprint density at radius 2 is 2.11 bits per heavy atom. The summed E-state index contributed by atoms with van der Waals surface area (Å²) in [6.07, 6.45) is 2.73. The fourth-order valence-electron chi connectivity index (χ4n) is 3.01. The zero-order valence-corrected chi connectivity index (χ0v) is 17.0. The number of hydrogen-bond acceptors (Lipinski definition) is 5. The van der Waals surface area contributed by atoms with Crippen LogP contribution in [0.2, 0.25) is 0 Å². The van der Waals surface area contributed by atoms with Crippen LogP contribution in [-0.2, 0) is 20.3 Å². The molecule has 140 valence electrons. The Labute approximate surface area is 165 Å². The number of sulfone groups is 1. The fourth-order valence-corrected chi connectivity index (χ4v) is 4.97. The van der Waals surface area contributed by atoms with E-state index in [-0.39, 0.29) is 23.0 Å². The predicted molar refractivity (Wildman–Crippen MR) is 107 cm³/mol. The number of allylic oxidation sites excluding steroid dienone is 3. The lowest BCUT2D eigenvalue weighted by atomic mass is 10.1. The summed E-state index contributed by atoms with van der Waals surface area (Å²) < 4.78 is 32.8. The van der Waals surface area contributed by atoms with E-state index >= 15 is 0 Å². The minimum Gasteiger partial charge on any atom is -0.461 e. The molecule has 2 heterocycles. The maximum atomic E-state index is 12.7. The van der Waals surface area contributed by atoms with Crippen LogP contribution in [0.15, 0.2) is 59.0 Å². The van der Waals surface area contributed by atoms with Gasteiger partial charge in [0.25, 0.3) is 0 Å². The van der Waals surface area contributed by atoms with Gasteiger partial charge in [0.15, 0.2) is 15.5 Å². The molecule has 0 atom stereocenters. The molecule has 0 unspecified atom stereocenters. The standard InChI is InChI=1S/C19H17BrN2O4S/c1-4-14-16(5-2)27(24,25)11-15-17(19(23)26-6-3)21-22(18(14)15)13-9-7-8-12(20)10-13/h4-5,7-10H,1-2,6,11H2,3H3. The van der Waals surface area contributed by atoms with E-state index in [1.165, 1.54) is 12.2 Å². The van der Waals surface area contributed by atoms with Crippen molar-refractivity contribution in [3.8, 4) is 5.69 Å². The van der Waals surface area contributed by atoms with Gasteiger partial charge in [-0.15, -0.1) is 0 Å². The molecule has 0 saturated heterocycles. The first-order valence-corrected chi connectivity index (χ1v) is 10.6. The lowest BCUT2D eigenvalue weighted by Crippen LogP contribution is -2.18. The van der Waals surface area contributed by atoms with Gasteiger partial charge >= 0.3 is 5.97 Å². The van der Waals surface area contributed by atoms with E-state index in [2.05, 4.69) is 34.2 Å². The van der Waals surface area contributed by atoms with Crippen LogP contribution in [0.5, 0.6) is 0 Å². The van der Waals surface area contributed by atoms with Crippen LogP contribution in [0.25, 0.3) is 11.3 Å². The number of esters is 1. The van der Waals surface area contributed by atoms with Crippen molar-refractivity contribution in [3.05, 3.63) is 75.9 Å². The van der Waals surface area contributed by atoms with Gasteiger partial charge < -0.3 is 4.74 Å². The second-order valence-corrected chi connectivity index (χ2v) is 8.61. The molecule has 0 saturated carbocycles. The molecular formula is C19H17BrN2O4S. The molecule has 27 heavy (non-hydrogen) atoms. The van der Waals surface area contributed by atoms with Crippen LogP contribution in [0.3, 0.4) is 0 Å². The van der Waals surface area contributed by atoms with Crippen molar-refractivity contribution in [1.82, 2.24) is 9.78 Å². The van der Waals surface area contributed by atoms with Crippen molar-refractivity contribution in [2.45, 2.75) is 12.7 Å². The van der Waals surface area contributed by atoms with Crippen molar-refractivity contribution in [1.29, 1.82) is 0 Å². The lowest BCUT2D eigenvalue weighted by molar-refractivity contribution is 0.0518. The Morgan fingerprint density at radius 1 is 1.37 bits per heavy atom. The van der Waals surface area contributed by atoms with Gasteiger partial charge in [-0.3, -0.25) is 0 Å². The number of ether oxygens (including phenoxy) is 1. The molecular weight excluding hydrogens is 432 g/mol. The minimum atomic E-state index is -3.68. The van der Waals surface area contributed by atoms with Gasteiger partial charge in [-0.2, -0.15) is 5.10 Å². The van der Waals surface area contributed by atoms with Crippen LogP contribution in [0, 0.1) is 0 Å². The normalized spacial score (nSPS) is 15.2. The second-order valence-electron chi connectivity index (χ2n) is 5.73. The third kappa shape index (κ3) is 3.30. The molecule has 8 heteroatoms. The van der Waals surface area contributed by atoms with E-state index in [1.807, 2.05) is 24.3 Å². The van der Waals surface area contributed by atoms with Gasteiger partial charge in [-0.05, 0) is 25.1 Å². The van der Waals surface area contributed by atoms with E-state index in [0.29, 0.717) is 22.5 Å². The van der Waals surface area contributed by atoms with E-state index in [9.17, 15) is 13.2 Å². The number of aromatic nitrogens is 2. The molecule has 1 aromatic heterocycles. The number of rotatable bonds is 5. The summed E-state index contributed by atoms with van der Waals surface area (Å²) in [6, 6.07) is 7.31. The van der Waals surface area contributed by atoms with Crippen molar-refractivity contribution in [2.24, 2.45) is 0 Å². The molecule has 6 nitrogen and oxygen atoms in total. The number of carbonyl (C=O) groups is 1. The molecule has 1 aliphatic heterocycles. The summed E-state index contributed by atoms with van der Waals surface area (Å²) in [5, 5.41) is 4.39. The number of hydrogen-bond donors (Lipinski definition) is 0. The number of fused-ring (bicyclic) bond motifs is 1. The smallest absolute Gasteiger partial charge is 0.359 e. The SMILES string of the molecule is C=CC1=C(C=C)S(=O)(=O)Cc2c(C(=O)OCC)nn(-c3cccc(Br)c3)c21. The van der Waals surface area contributed by atoms with E-state index in [1.54, 1.807) is 11.6 Å². The Hall–Kier alpha value is -2.45. The maximum Gasteiger partial charge on any atom is 0.359 e. The molecule has 1 aromatic carbocycles. The Kier molecular flexibility index (Phi) is 5.21. The molecule has 0 aliphatic carbocycles. The van der Waals surface area contributed by atoms with E-state index in [4.69, 9.17) is 4.74 Å². The summed E-state index contributed by atoms with van der Waals surface area (Å²) in [7, 11) is -3.68. The highest BCUT2D eigenvalue weighted by atomic mass is 79.9. The summed E-state index contributed by atoms with van der Waals surface area (Å²) in [5.74, 6) is -1.02. The van der Waals surface area contributed by atoms with E-state index < -0.39 is 15.8 Å². The quantitative estimate of drug-likeness (QED) is 0.649. The molecule has 0 amide bonds. The van der Waals surface area contributed by atoms with Gasteiger partial charge in [-0.25, -0.2) is 17.9 Å². The first-order valence-electron chi connectivity index (χ1n) is 8.11. The zero-order valence-electron chi connectivity index (χ0n) is 14.6. The molecule has 2 aromatic rings. The van der Waals surface area contributed by atoms with Gasteiger partial charge in [0, 0.05) is 15.6 Å². The molecule has 0 fully saturated rings. The molecule has 0 bridgehead atoms. The number of nitrogens with zero attached hydrogens (tertiary/aromatic N) is 2. The highest BCUT2D eigenvalue weighted by Crippen LogP contribution is 2.38. The molecule has 3 rings (SSSR count). The average Bonchev–Trinajstić information content (AvgIpc) is 2.98. The molecule has 0 radical (unpaired) electrons. The Bertz CT molecular complexity index is 1100. The van der Waals surface area contributed by atoms with Gasteiger partial charge in [0.2, 0.25) is 0 Å². The van der Waals surface area contributed by atoms with Gasteiger partial charge in [-0.1, -0.05) is 47.3 Å². The minimum absolute atomic E-state index is 0.0159. The zero-order chi connectivity index (χ0) is 19.8. The van der Waals surface area contributed by atoms with Crippen molar-refractivity contribution in [3.63, 3.8) is 0 Å². The maximum absolute atomic E-state index is 12.7. The molecule has 1 aliphatic rings. The predicted octanol–water partition coefficient (Wildman–Crippen LogP) is 3.82. The van der Waals surface area contributed by atoms with Gasteiger partial charge in [0.1, 0.15) is 0 Å². The largest absolute Gasteiger partial charge is 0.461 e. The van der Waals surface area contributed by atoms with Crippen molar-refractivity contribution in [2.75, 3.05) is 6.61 Å². The second kappa shape index (κ2) is 7.28. The van der Waals surface area contributed by atoms with Gasteiger partial charge in [0.05, 0.1) is 28.6 Å². The summed E-state index contributed by atoms with van der Waals surface area (Å²) in [5.41, 5.74) is 1.80. The summed E-state index contributed by atoms with van der Waals surface area (Å²) in [6.45, 7) is 9.22. The fraction of sp³-hybridized carbons (Fsp3) is 0.158. The number of halogens is 1. The van der Waals surface area contributed by atoms with Crippen LogP contribution in [-0.4, -0.2) is 30.8 Å². The number of benzene rings is 1. The lowest BCUT2D eigenvalue weighted by Gasteiger charge is -2.19. The van der Waals surface area contributed by atoms with Crippen LogP contribution in [0.1, 0.15) is 28.7 Å². The molecule has 0 spiro atoms. The molecule has 0 N–H and O–H groups in total. The third-order valence-corrected chi connectivity index (χ3v) is 6.30. The summed E-state index contributed by atoms with van der Waals surface area (Å²) in [4.78, 5) is 12.5. The summed E-state index contributed by atoms with van der Waals surface area (Å²) >= 11 is 3.41.